The number of hydrogen-bond donors (Lipinski definition) is 1. The molecule has 0 saturated carbocycles. The first-order valence-electron chi connectivity index (χ1n) is 5.60. The molecule has 2 N–H and O–H groups in total. The number of carbonyl (C=O) groups excluding carboxylic acids is 1. The first kappa shape index (κ1) is 10.9. The van der Waals surface area contributed by atoms with Crippen molar-refractivity contribution in [3.63, 3.8) is 0 Å². The molecule has 16 heavy (non-hydrogen) atoms. The van der Waals surface area contributed by atoms with Crippen LogP contribution in [0.2, 0.25) is 0 Å². The van der Waals surface area contributed by atoms with Crippen molar-refractivity contribution >= 4 is 11.9 Å². The maximum atomic E-state index is 11.7. The van der Waals surface area contributed by atoms with Crippen LogP contribution in [-0.4, -0.2) is 27.3 Å². The van der Waals surface area contributed by atoms with E-state index >= 15 is 0 Å². The normalized spacial score (nSPS) is 20.1. The maximum Gasteiger partial charge on any atom is 0.222 e. The van der Waals surface area contributed by atoms with Crippen LogP contribution in [0.25, 0.3) is 0 Å². The summed E-state index contributed by atoms with van der Waals surface area (Å²) in [6.07, 6.45) is 4.17. The summed E-state index contributed by atoms with van der Waals surface area (Å²) in [6, 6.07) is 1.92. The molecule has 86 valence electrons. The number of amides is 1. The van der Waals surface area contributed by atoms with E-state index in [1.165, 1.54) is 0 Å². The van der Waals surface area contributed by atoms with E-state index in [2.05, 4.69) is 9.97 Å². The Kier molecular flexibility index (Phi) is 3.03. The van der Waals surface area contributed by atoms with Gasteiger partial charge in [-0.1, -0.05) is 6.92 Å². The molecule has 0 bridgehead atoms. The number of aromatic nitrogens is 2. The third-order valence-electron chi connectivity index (χ3n) is 2.91. The first-order chi connectivity index (χ1) is 7.72. The highest BCUT2D eigenvalue weighted by atomic mass is 16.2. The van der Waals surface area contributed by atoms with E-state index in [1.807, 2.05) is 17.9 Å². The van der Waals surface area contributed by atoms with Crippen LogP contribution < -0.4 is 5.73 Å². The number of hydrogen-bond acceptors (Lipinski definition) is 4. The lowest BCUT2D eigenvalue weighted by Crippen LogP contribution is -2.30. The van der Waals surface area contributed by atoms with Gasteiger partial charge in [-0.15, -0.1) is 0 Å². The van der Waals surface area contributed by atoms with E-state index < -0.39 is 0 Å². The second-order valence-corrected chi connectivity index (χ2v) is 3.94. The number of rotatable bonds is 2. The summed E-state index contributed by atoms with van der Waals surface area (Å²) in [7, 11) is 0. The highest BCUT2D eigenvalue weighted by Gasteiger charge is 2.29. The topological polar surface area (TPSA) is 72.1 Å². The molecule has 1 aliphatic heterocycles. The highest BCUT2D eigenvalue weighted by molar-refractivity contribution is 5.76. The number of nitrogen functional groups attached to an aromatic ring is 1. The Hall–Kier alpha value is -1.65. The van der Waals surface area contributed by atoms with Gasteiger partial charge in [-0.25, -0.2) is 9.97 Å². The van der Waals surface area contributed by atoms with E-state index in [9.17, 15) is 4.79 Å². The van der Waals surface area contributed by atoms with E-state index in [0.717, 1.165) is 25.1 Å². The van der Waals surface area contributed by atoms with Crippen LogP contribution >= 0.6 is 0 Å². The Morgan fingerprint density at radius 1 is 1.69 bits per heavy atom. The summed E-state index contributed by atoms with van der Waals surface area (Å²) >= 11 is 0. The van der Waals surface area contributed by atoms with Gasteiger partial charge in [0.1, 0.15) is 0 Å². The van der Waals surface area contributed by atoms with Gasteiger partial charge in [0.15, 0.2) is 0 Å². The Bertz CT molecular complexity index is 393. The lowest BCUT2D eigenvalue weighted by molar-refractivity contribution is -0.131. The molecule has 0 unspecified atom stereocenters. The Balaban J connectivity index is 2.23. The zero-order chi connectivity index (χ0) is 11.5. The molecule has 5 heteroatoms. The van der Waals surface area contributed by atoms with Crippen LogP contribution in [-0.2, 0) is 4.79 Å². The third-order valence-corrected chi connectivity index (χ3v) is 2.91. The van der Waals surface area contributed by atoms with Crippen molar-refractivity contribution < 1.29 is 4.79 Å². The molecule has 0 aliphatic carbocycles. The predicted molar refractivity (Wildman–Crippen MR) is 60.4 cm³/mol. The van der Waals surface area contributed by atoms with Crippen molar-refractivity contribution in [2.45, 2.75) is 32.2 Å². The van der Waals surface area contributed by atoms with Gasteiger partial charge >= 0.3 is 0 Å². The van der Waals surface area contributed by atoms with Crippen LogP contribution in [0.4, 0.5) is 5.95 Å². The van der Waals surface area contributed by atoms with E-state index in [4.69, 9.17) is 5.73 Å². The van der Waals surface area contributed by atoms with Crippen molar-refractivity contribution in [2.24, 2.45) is 0 Å². The number of anilines is 1. The van der Waals surface area contributed by atoms with E-state index in [0.29, 0.717) is 6.42 Å². The van der Waals surface area contributed by atoms with Gasteiger partial charge < -0.3 is 10.6 Å². The lowest BCUT2D eigenvalue weighted by atomic mass is 10.1. The zero-order valence-electron chi connectivity index (χ0n) is 9.39. The molecule has 1 atom stereocenters. The summed E-state index contributed by atoms with van der Waals surface area (Å²) in [6.45, 7) is 2.70. The van der Waals surface area contributed by atoms with Crippen LogP contribution in [0.1, 0.15) is 37.9 Å². The average Bonchev–Trinajstić information content (AvgIpc) is 2.77. The largest absolute Gasteiger partial charge is 0.368 e. The van der Waals surface area contributed by atoms with Gasteiger partial charge in [0.2, 0.25) is 11.9 Å². The fraction of sp³-hybridized carbons (Fsp3) is 0.545. The minimum atomic E-state index is 0.0812. The summed E-state index contributed by atoms with van der Waals surface area (Å²) in [4.78, 5) is 21.7. The average molecular weight is 220 g/mol. The molecule has 1 aromatic rings. The van der Waals surface area contributed by atoms with E-state index in [1.54, 1.807) is 6.20 Å². The molecule has 5 nitrogen and oxygen atoms in total. The van der Waals surface area contributed by atoms with Gasteiger partial charge in [0.05, 0.1) is 11.7 Å². The number of nitrogens with zero attached hydrogens (tertiary/aromatic N) is 3. The first-order valence-corrected chi connectivity index (χ1v) is 5.60. The Morgan fingerprint density at radius 2 is 2.50 bits per heavy atom. The molecular formula is C11H16N4O. The van der Waals surface area contributed by atoms with Crippen molar-refractivity contribution in [1.29, 1.82) is 0 Å². The van der Waals surface area contributed by atoms with Gasteiger partial charge in [-0.05, 0) is 18.9 Å². The SMILES string of the molecule is CCC(=O)N1CCC[C@@H]1c1ccnc(N)n1. The Labute approximate surface area is 94.7 Å². The molecular weight excluding hydrogens is 204 g/mol. The van der Waals surface area contributed by atoms with Crippen molar-refractivity contribution in [3.8, 4) is 0 Å². The summed E-state index contributed by atoms with van der Waals surface area (Å²) in [5.41, 5.74) is 6.41. The minimum Gasteiger partial charge on any atom is -0.368 e. The molecule has 0 aromatic carbocycles. The second kappa shape index (κ2) is 4.47. The quantitative estimate of drug-likeness (QED) is 0.811. The zero-order valence-corrected chi connectivity index (χ0v) is 9.39. The molecule has 1 aliphatic rings. The molecule has 0 spiro atoms. The lowest BCUT2D eigenvalue weighted by Gasteiger charge is -2.23. The van der Waals surface area contributed by atoms with Gasteiger partial charge in [0.25, 0.3) is 0 Å². The van der Waals surface area contributed by atoms with Crippen molar-refractivity contribution in [2.75, 3.05) is 12.3 Å². The molecule has 1 saturated heterocycles. The van der Waals surface area contributed by atoms with Crippen LogP contribution in [0.5, 0.6) is 0 Å². The standard InChI is InChI=1S/C11H16N4O/c1-2-10(16)15-7-3-4-9(15)8-5-6-13-11(12)14-8/h5-6,9H,2-4,7H2,1H3,(H2,12,13,14)/t9-/m1/s1. The molecule has 1 amide bonds. The fourth-order valence-electron chi connectivity index (χ4n) is 2.15. The summed E-state index contributed by atoms with van der Waals surface area (Å²) in [5.74, 6) is 0.452. The number of carbonyl (C=O) groups is 1. The number of nitrogens with two attached hydrogens (primary N) is 1. The highest BCUT2D eigenvalue weighted by Crippen LogP contribution is 2.31. The second-order valence-electron chi connectivity index (χ2n) is 3.94. The monoisotopic (exact) mass is 220 g/mol. The Morgan fingerprint density at radius 3 is 3.19 bits per heavy atom. The summed E-state index contributed by atoms with van der Waals surface area (Å²) in [5, 5.41) is 0. The molecule has 0 radical (unpaired) electrons. The maximum absolute atomic E-state index is 11.7. The van der Waals surface area contributed by atoms with Gasteiger partial charge in [-0.2, -0.15) is 0 Å². The van der Waals surface area contributed by atoms with Crippen LogP contribution in [0.15, 0.2) is 12.3 Å². The molecule has 1 aromatic heterocycles. The van der Waals surface area contributed by atoms with Crippen molar-refractivity contribution in [1.82, 2.24) is 14.9 Å². The predicted octanol–water partition coefficient (Wildman–Crippen LogP) is 1.13. The van der Waals surface area contributed by atoms with Crippen LogP contribution in [0.3, 0.4) is 0 Å². The fourth-order valence-corrected chi connectivity index (χ4v) is 2.15. The minimum absolute atomic E-state index is 0.0812. The van der Waals surface area contributed by atoms with Gasteiger partial charge in [-0.3, -0.25) is 4.79 Å². The van der Waals surface area contributed by atoms with Crippen LogP contribution in [0, 0.1) is 0 Å². The molecule has 2 heterocycles. The van der Waals surface area contributed by atoms with Crippen molar-refractivity contribution in [3.05, 3.63) is 18.0 Å². The number of likely N-dealkylation sites (tertiary alicyclic amines) is 1. The molecule has 2 rings (SSSR count). The van der Waals surface area contributed by atoms with Gasteiger partial charge in [0, 0.05) is 19.2 Å². The third kappa shape index (κ3) is 1.98. The van der Waals surface area contributed by atoms with E-state index in [-0.39, 0.29) is 17.9 Å². The molecule has 1 fully saturated rings. The smallest absolute Gasteiger partial charge is 0.222 e. The summed E-state index contributed by atoms with van der Waals surface area (Å²) < 4.78 is 0.